The number of pyridine rings is 1. The van der Waals surface area contributed by atoms with Crippen molar-refractivity contribution in [3.05, 3.63) is 63.7 Å². The van der Waals surface area contributed by atoms with Gasteiger partial charge in [0.25, 0.3) is 0 Å². The van der Waals surface area contributed by atoms with E-state index in [1.165, 1.54) is 35.8 Å². The Morgan fingerprint density at radius 2 is 1.76 bits per heavy atom. The molecule has 15 heteroatoms. The van der Waals surface area contributed by atoms with Crippen LogP contribution in [0.1, 0.15) is 24.2 Å². The molecule has 2 saturated heterocycles. The van der Waals surface area contributed by atoms with Crippen LogP contribution in [0, 0.1) is 17.5 Å². The van der Waals surface area contributed by atoms with E-state index in [-0.39, 0.29) is 75.2 Å². The molecule has 240 valence electrons. The van der Waals surface area contributed by atoms with Gasteiger partial charge in [0.1, 0.15) is 35.7 Å². The number of cyclic esters (lactones) is 1. The number of nitrogens with one attached hydrogen (secondary N) is 1. The van der Waals surface area contributed by atoms with Crippen molar-refractivity contribution in [2.45, 2.75) is 26.5 Å². The molecule has 2 aliphatic rings. The molecule has 5 rings (SSSR count). The zero-order valence-electron chi connectivity index (χ0n) is 24.6. The molecule has 0 spiro atoms. The monoisotopic (exact) mass is 633 g/mol. The Hall–Kier alpha value is -4.82. The number of benzene rings is 2. The lowest BCUT2D eigenvalue weighted by Crippen LogP contribution is -2.47. The van der Waals surface area contributed by atoms with Gasteiger partial charge in [-0.2, -0.15) is 0 Å². The average molecular weight is 634 g/mol. The number of halogens is 4. The van der Waals surface area contributed by atoms with Gasteiger partial charge in [-0.1, -0.05) is 0 Å². The Kier molecular flexibility index (Phi) is 9.16. The fraction of sp³-hybridized carbons (Fsp3) is 0.400. The van der Waals surface area contributed by atoms with Gasteiger partial charge in [0.2, 0.25) is 11.3 Å². The molecule has 1 N–H and O–H groups in total. The summed E-state index contributed by atoms with van der Waals surface area (Å²) in [4.78, 5) is 53.1. The van der Waals surface area contributed by atoms with Crippen LogP contribution in [0.15, 0.2) is 35.3 Å². The minimum atomic E-state index is -1.08. The van der Waals surface area contributed by atoms with E-state index in [0.717, 1.165) is 16.8 Å². The van der Waals surface area contributed by atoms with E-state index < -0.39 is 64.4 Å². The summed E-state index contributed by atoms with van der Waals surface area (Å²) < 4.78 is 71.2. The number of alkyl halides is 1. The maximum Gasteiger partial charge on any atom is 0.414 e. The lowest BCUT2D eigenvalue weighted by atomic mass is 10.1. The van der Waals surface area contributed by atoms with Gasteiger partial charge in [0.05, 0.1) is 48.5 Å². The van der Waals surface area contributed by atoms with Crippen molar-refractivity contribution in [1.82, 2.24) is 9.88 Å². The SMILES string of the molecule is CCOC(=O)c1cn(CCF)c2c(F)c(N3CCN(c4ccc(N5CC(CNC(C)=O)OC5=O)cc4F)CC3)c(F)cc2c1=O. The van der Waals surface area contributed by atoms with Crippen LogP contribution in [0.2, 0.25) is 0 Å². The highest BCUT2D eigenvalue weighted by atomic mass is 19.1. The van der Waals surface area contributed by atoms with Crippen molar-refractivity contribution in [3.63, 3.8) is 0 Å². The summed E-state index contributed by atoms with van der Waals surface area (Å²) >= 11 is 0. The van der Waals surface area contributed by atoms with Crippen LogP contribution >= 0.6 is 0 Å². The number of esters is 1. The van der Waals surface area contributed by atoms with E-state index >= 15 is 13.2 Å². The summed E-state index contributed by atoms with van der Waals surface area (Å²) in [5.41, 5.74) is -1.66. The quantitative estimate of drug-likeness (QED) is 0.282. The highest BCUT2D eigenvalue weighted by molar-refractivity contribution is 5.95. The molecule has 0 aliphatic carbocycles. The molecule has 11 nitrogen and oxygen atoms in total. The van der Waals surface area contributed by atoms with Gasteiger partial charge in [-0.25, -0.2) is 27.2 Å². The number of amides is 2. The molecule has 2 aliphatic heterocycles. The second kappa shape index (κ2) is 13.0. The van der Waals surface area contributed by atoms with E-state index in [4.69, 9.17) is 9.47 Å². The van der Waals surface area contributed by atoms with E-state index in [0.29, 0.717) is 0 Å². The summed E-state index contributed by atoms with van der Waals surface area (Å²) in [5.74, 6) is -3.99. The third-order valence-corrected chi connectivity index (χ3v) is 7.68. The highest BCUT2D eigenvalue weighted by Gasteiger charge is 2.33. The standard InChI is InChI=1S/C30H31F4N5O6/c1-3-44-29(42)21-16-38(7-6-31)26-20(28(21)41)13-23(33)27(25(26)34)37-10-8-36(9-11-37)24-5-4-18(12-22(24)32)39-15-19(45-30(39)43)14-35-17(2)40/h4-5,12-13,16,19H,3,6-11,14-15H2,1-2H3,(H,35,40). The van der Waals surface area contributed by atoms with Gasteiger partial charge in [-0.3, -0.25) is 14.5 Å². The van der Waals surface area contributed by atoms with Crippen LogP contribution in [0.25, 0.3) is 10.9 Å². The predicted octanol–water partition coefficient (Wildman–Crippen LogP) is 3.35. The Balaban J connectivity index is 1.35. The predicted molar refractivity (Wildman–Crippen MR) is 157 cm³/mol. The van der Waals surface area contributed by atoms with Crippen LogP contribution in [-0.2, 0) is 20.8 Å². The maximum atomic E-state index is 16.0. The number of fused-ring (bicyclic) bond motifs is 1. The number of hydrogen-bond acceptors (Lipinski definition) is 8. The Morgan fingerprint density at radius 1 is 1.04 bits per heavy atom. The zero-order chi connectivity index (χ0) is 32.4. The molecular weight excluding hydrogens is 602 g/mol. The van der Waals surface area contributed by atoms with Gasteiger partial charge in [0, 0.05) is 39.3 Å². The lowest BCUT2D eigenvalue weighted by Gasteiger charge is -2.38. The van der Waals surface area contributed by atoms with Gasteiger partial charge in [-0.15, -0.1) is 0 Å². The van der Waals surface area contributed by atoms with E-state index in [1.807, 2.05) is 0 Å². The second-order valence-corrected chi connectivity index (χ2v) is 10.6. The van der Waals surface area contributed by atoms with Crippen molar-refractivity contribution < 1.29 is 41.4 Å². The Morgan fingerprint density at radius 3 is 2.40 bits per heavy atom. The third-order valence-electron chi connectivity index (χ3n) is 7.68. The summed E-state index contributed by atoms with van der Waals surface area (Å²) in [6, 6.07) is 5.09. The molecule has 3 aromatic rings. The molecule has 2 aromatic carbocycles. The van der Waals surface area contributed by atoms with Gasteiger partial charge >= 0.3 is 12.1 Å². The van der Waals surface area contributed by atoms with Crippen LogP contribution in [0.3, 0.4) is 0 Å². The largest absolute Gasteiger partial charge is 0.462 e. The normalized spacial score (nSPS) is 16.7. The van der Waals surface area contributed by atoms with Crippen LogP contribution in [-0.4, -0.2) is 81.2 Å². The third kappa shape index (κ3) is 6.24. The number of carbonyl (C=O) groups excluding carboxylic acids is 3. The van der Waals surface area contributed by atoms with Gasteiger partial charge in [-0.05, 0) is 31.2 Å². The number of carbonyl (C=O) groups is 3. The summed E-state index contributed by atoms with van der Waals surface area (Å²) in [5, 5.41) is 2.15. The van der Waals surface area contributed by atoms with Crippen molar-refractivity contribution in [2.24, 2.45) is 0 Å². The topological polar surface area (TPSA) is 113 Å². The smallest absolute Gasteiger partial charge is 0.414 e. The second-order valence-electron chi connectivity index (χ2n) is 10.6. The first-order valence-electron chi connectivity index (χ1n) is 14.3. The van der Waals surface area contributed by atoms with E-state index in [2.05, 4.69) is 5.32 Å². The molecule has 0 radical (unpaired) electrons. The fourth-order valence-corrected chi connectivity index (χ4v) is 5.58. The molecule has 45 heavy (non-hydrogen) atoms. The molecule has 1 atom stereocenters. The number of ether oxygens (including phenoxy) is 2. The number of anilines is 3. The number of nitrogens with zero attached hydrogens (tertiary/aromatic N) is 4. The molecule has 0 saturated carbocycles. The molecule has 2 amide bonds. The summed E-state index contributed by atoms with van der Waals surface area (Å²) in [6.45, 7) is 2.29. The van der Waals surface area contributed by atoms with Gasteiger partial charge < -0.3 is 29.2 Å². The van der Waals surface area contributed by atoms with Crippen molar-refractivity contribution in [1.29, 1.82) is 0 Å². The highest BCUT2D eigenvalue weighted by Crippen LogP contribution is 2.33. The van der Waals surface area contributed by atoms with Crippen LogP contribution < -0.4 is 25.4 Å². The van der Waals surface area contributed by atoms with Crippen molar-refractivity contribution >= 4 is 45.9 Å². The first-order chi connectivity index (χ1) is 21.5. The summed E-state index contributed by atoms with van der Waals surface area (Å²) in [6.07, 6.45) is -0.235. The van der Waals surface area contributed by atoms with E-state index in [1.54, 1.807) is 11.0 Å². The maximum absolute atomic E-state index is 16.0. The molecular formula is C30H31F4N5O6. The minimum Gasteiger partial charge on any atom is -0.462 e. The number of rotatable bonds is 9. The first-order valence-corrected chi connectivity index (χ1v) is 14.3. The molecule has 3 heterocycles. The number of aromatic nitrogens is 1. The molecule has 0 bridgehead atoms. The van der Waals surface area contributed by atoms with Crippen molar-refractivity contribution in [2.75, 3.05) is 67.2 Å². The number of piperazine rings is 1. The zero-order valence-corrected chi connectivity index (χ0v) is 24.6. The minimum absolute atomic E-state index is 0.0320. The molecule has 1 aromatic heterocycles. The van der Waals surface area contributed by atoms with E-state index in [9.17, 15) is 23.6 Å². The average Bonchev–Trinajstić information content (AvgIpc) is 3.38. The van der Waals surface area contributed by atoms with Crippen LogP contribution in [0.5, 0.6) is 0 Å². The number of aryl methyl sites for hydroxylation is 1. The molecule has 2 fully saturated rings. The molecule has 1 unspecified atom stereocenters. The number of hydrogen-bond donors (Lipinski definition) is 1. The van der Waals surface area contributed by atoms with Crippen molar-refractivity contribution in [3.8, 4) is 0 Å². The lowest BCUT2D eigenvalue weighted by molar-refractivity contribution is -0.119. The van der Waals surface area contributed by atoms with Gasteiger partial charge in [0.15, 0.2) is 5.82 Å². The fourth-order valence-electron chi connectivity index (χ4n) is 5.58. The first kappa shape index (κ1) is 31.6. The summed E-state index contributed by atoms with van der Waals surface area (Å²) in [7, 11) is 0. The Labute approximate surface area is 254 Å². The Bertz CT molecular complexity index is 1710. The van der Waals surface area contributed by atoms with Crippen LogP contribution in [0.4, 0.5) is 39.4 Å².